The van der Waals surface area contributed by atoms with Gasteiger partial charge in [0.2, 0.25) is 0 Å². The number of aromatic nitrogens is 2. The van der Waals surface area contributed by atoms with E-state index in [9.17, 15) is 0 Å². The highest BCUT2D eigenvalue weighted by Gasteiger charge is 2.09. The van der Waals surface area contributed by atoms with Crippen molar-refractivity contribution in [1.82, 2.24) is 9.97 Å². The second-order valence-corrected chi connectivity index (χ2v) is 5.93. The summed E-state index contributed by atoms with van der Waals surface area (Å²) >= 11 is 3.42. The number of nitriles is 1. The van der Waals surface area contributed by atoms with Crippen LogP contribution in [-0.2, 0) is 6.54 Å². The van der Waals surface area contributed by atoms with Gasteiger partial charge in [-0.05, 0) is 45.8 Å². The van der Waals surface area contributed by atoms with E-state index in [4.69, 9.17) is 5.26 Å². The molecule has 0 aliphatic heterocycles. The Hall–Kier alpha value is -2.45. The fraction of sp³-hybridized carbons (Fsp3) is 0.118. The molecule has 0 saturated heterocycles. The zero-order valence-corrected chi connectivity index (χ0v) is 13.6. The summed E-state index contributed by atoms with van der Waals surface area (Å²) < 4.78 is 0.916. The van der Waals surface area contributed by atoms with Crippen molar-refractivity contribution >= 4 is 32.7 Å². The molecule has 1 aromatic carbocycles. The summed E-state index contributed by atoms with van der Waals surface area (Å²) in [6.07, 6.45) is 3.57. The largest absolute Gasteiger partial charge is 0.368 e. The maximum absolute atomic E-state index is 8.85. The van der Waals surface area contributed by atoms with Gasteiger partial charge in [-0.1, -0.05) is 12.1 Å². The lowest BCUT2D eigenvalue weighted by Crippen LogP contribution is -2.17. The Morgan fingerprint density at radius 3 is 2.68 bits per heavy atom. The first kappa shape index (κ1) is 14.5. The average Bonchev–Trinajstić information content (AvgIpc) is 2.54. The highest BCUT2D eigenvalue weighted by molar-refractivity contribution is 9.10. The topological polar surface area (TPSA) is 52.8 Å². The Kier molecular flexibility index (Phi) is 4.03. The number of benzene rings is 1. The summed E-state index contributed by atoms with van der Waals surface area (Å²) in [6, 6.07) is 13.7. The minimum Gasteiger partial charge on any atom is -0.368 e. The van der Waals surface area contributed by atoms with Crippen LogP contribution in [0.25, 0.3) is 11.0 Å². The van der Waals surface area contributed by atoms with Crippen LogP contribution in [-0.4, -0.2) is 17.0 Å². The number of hydrogen-bond acceptors (Lipinski definition) is 4. The molecular formula is C17H13BrN4. The summed E-state index contributed by atoms with van der Waals surface area (Å²) in [4.78, 5) is 11.0. The van der Waals surface area contributed by atoms with Crippen LogP contribution in [0, 0.1) is 11.3 Å². The van der Waals surface area contributed by atoms with E-state index in [1.165, 1.54) is 0 Å². The Labute approximate surface area is 137 Å². The average molecular weight is 353 g/mol. The van der Waals surface area contributed by atoms with Gasteiger partial charge in [0.25, 0.3) is 0 Å². The zero-order valence-electron chi connectivity index (χ0n) is 12.0. The lowest BCUT2D eigenvalue weighted by atomic mass is 10.1. The first-order valence-corrected chi connectivity index (χ1v) is 7.57. The van der Waals surface area contributed by atoms with E-state index in [0.717, 1.165) is 33.3 Å². The number of fused-ring (bicyclic) bond motifs is 1. The molecular weight excluding hydrogens is 340 g/mol. The van der Waals surface area contributed by atoms with Crippen LogP contribution >= 0.6 is 15.9 Å². The molecule has 0 unspecified atom stereocenters. The van der Waals surface area contributed by atoms with Crippen LogP contribution in [0.4, 0.5) is 5.69 Å². The van der Waals surface area contributed by atoms with Crippen LogP contribution in [0.5, 0.6) is 0 Å². The van der Waals surface area contributed by atoms with Crippen molar-refractivity contribution in [3.05, 3.63) is 64.4 Å². The van der Waals surface area contributed by atoms with Crippen molar-refractivity contribution in [1.29, 1.82) is 5.26 Å². The van der Waals surface area contributed by atoms with E-state index >= 15 is 0 Å². The van der Waals surface area contributed by atoms with Gasteiger partial charge >= 0.3 is 0 Å². The molecule has 2 aromatic heterocycles. The van der Waals surface area contributed by atoms with Crippen LogP contribution < -0.4 is 4.90 Å². The van der Waals surface area contributed by atoms with Crippen molar-refractivity contribution in [2.24, 2.45) is 0 Å². The van der Waals surface area contributed by atoms with Crippen molar-refractivity contribution < 1.29 is 0 Å². The predicted molar refractivity (Wildman–Crippen MR) is 90.5 cm³/mol. The molecule has 0 saturated carbocycles. The Balaban J connectivity index is 1.91. The van der Waals surface area contributed by atoms with E-state index in [0.29, 0.717) is 5.56 Å². The van der Waals surface area contributed by atoms with Crippen LogP contribution in [0.1, 0.15) is 11.1 Å². The highest BCUT2D eigenvalue weighted by atomic mass is 79.9. The molecule has 5 heteroatoms. The third kappa shape index (κ3) is 2.92. The number of nitrogens with zero attached hydrogens (tertiary/aromatic N) is 4. The summed E-state index contributed by atoms with van der Waals surface area (Å²) in [5.74, 6) is 0. The molecule has 0 spiro atoms. The molecule has 108 valence electrons. The van der Waals surface area contributed by atoms with E-state index in [1.54, 1.807) is 12.4 Å². The molecule has 22 heavy (non-hydrogen) atoms. The number of halogens is 1. The van der Waals surface area contributed by atoms with E-state index < -0.39 is 0 Å². The van der Waals surface area contributed by atoms with Gasteiger partial charge in [-0.2, -0.15) is 5.26 Å². The van der Waals surface area contributed by atoms with Gasteiger partial charge in [-0.25, -0.2) is 0 Å². The monoisotopic (exact) mass is 352 g/mol. The van der Waals surface area contributed by atoms with Crippen molar-refractivity contribution in [2.75, 3.05) is 11.9 Å². The molecule has 3 aromatic rings. The van der Waals surface area contributed by atoms with Crippen LogP contribution in [0.2, 0.25) is 0 Å². The molecule has 0 atom stereocenters. The normalized spacial score (nSPS) is 10.4. The molecule has 3 rings (SSSR count). The standard InChI is InChI=1S/C17H13BrN4/c1-22(11-13-4-2-12(9-19)3-5-13)16-6-7-20-15-8-14(18)10-21-17(15)16/h2-8,10H,11H2,1H3. The first-order chi connectivity index (χ1) is 10.7. The van der Waals surface area contributed by atoms with Gasteiger partial charge in [-0.3, -0.25) is 9.97 Å². The van der Waals surface area contributed by atoms with Crippen LogP contribution in [0.15, 0.2) is 53.3 Å². The smallest absolute Gasteiger partial charge is 0.112 e. The van der Waals surface area contributed by atoms with E-state index in [-0.39, 0.29) is 0 Å². The molecule has 0 aliphatic rings. The number of rotatable bonds is 3. The van der Waals surface area contributed by atoms with E-state index in [1.807, 2.05) is 43.4 Å². The molecule has 2 heterocycles. The van der Waals surface area contributed by atoms with E-state index in [2.05, 4.69) is 36.9 Å². The van der Waals surface area contributed by atoms with Gasteiger partial charge in [0, 0.05) is 30.5 Å². The third-order valence-electron chi connectivity index (χ3n) is 3.44. The molecule has 0 radical (unpaired) electrons. The fourth-order valence-electron chi connectivity index (χ4n) is 2.34. The van der Waals surface area contributed by atoms with Gasteiger partial charge < -0.3 is 4.90 Å². The Morgan fingerprint density at radius 1 is 1.18 bits per heavy atom. The number of pyridine rings is 2. The van der Waals surface area contributed by atoms with Gasteiger partial charge in [0.15, 0.2) is 0 Å². The summed E-state index contributed by atoms with van der Waals surface area (Å²) in [5.41, 5.74) is 4.58. The van der Waals surface area contributed by atoms with Crippen molar-refractivity contribution in [3.8, 4) is 6.07 Å². The molecule has 0 amide bonds. The second-order valence-electron chi connectivity index (χ2n) is 5.02. The summed E-state index contributed by atoms with van der Waals surface area (Å²) in [7, 11) is 2.02. The summed E-state index contributed by atoms with van der Waals surface area (Å²) in [5, 5.41) is 8.85. The predicted octanol–water partition coefficient (Wildman–Crippen LogP) is 3.90. The zero-order chi connectivity index (χ0) is 15.5. The molecule has 0 aliphatic carbocycles. The third-order valence-corrected chi connectivity index (χ3v) is 3.87. The fourth-order valence-corrected chi connectivity index (χ4v) is 2.66. The molecule has 0 N–H and O–H groups in total. The maximum Gasteiger partial charge on any atom is 0.112 e. The Bertz CT molecular complexity index is 853. The van der Waals surface area contributed by atoms with Gasteiger partial charge in [-0.15, -0.1) is 0 Å². The van der Waals surface area contributed by atoms with Crippen LogP contribution in [0.3, 0.4) is 0 Å². The Morgan fingerprint density at radius 2 is 1.95 bits per heavy atom. The quantitative estimate of drug-likeness (QED) is 0.717. The lowest BCUT2D eigenvalue weighted by Gasteiger charge is -2.20. The first-order valence-electron chi connectivity index (χ1n) is 6.78. The molecule has 0 bridgehead atoms. The molecule has 0 fully saturated rings. The second kappa shape index (κ2) is 6.12. The highest BCUT2D eigenvalue weighted by Crippen LogP contribution is 2.25. The SMILES string of the molecule is CN(Cc1ccc(C#N)cc1)c1ccnc2cc(Br)cnc12. The van der Waals surface area contributed by atoms with Gasteiger partial charge in [0.05, 0.1) is 22.8 Å². The van der Waals surface area contributed by atoms with Crippen molar-refractivity contribution in [2.45, 2.75) is 6.54 Å². The lowest BCUT2D eigenvalue weighted by molar-refractivity contribution is 0.924. The minimum absolute atomic E-state index is 0.673. The molecule has 4 nitrogen and oxygen atoms in total. The minimum atomic E-state index is 0.673. The number of anilines is 1. The summed E-state index contributed by atoms with van der Waals surface area (Å²) in [6.45, 7) is 0.739. The number of hydrogen-bond donors (Lipinski definition) is 0. The maximum atomic E-state index is 8.85. The van der Waals surface area contributed by atoms with Crippen molar-refractivity contribution in [3.63, 3.8) is 0 Å². The van der Waals surface area contributed by atoms with Gasteiger partial charge in [0.1, 0.15) is 5.52 Å².